The fourth-order valence-corrected chi connectivity index (χ4v) is 6.57. The van der Waals surface area contributed by atoms with E-state index in [4.69, 9.17) is 15.2 Å². The number of nitrogens with two attached hydrogens (primary N) is 1. The van der Waals surface area contributed by atoms with E-state index < -0.39 is 57.3 Å². The SMILES string of the molecule is COc1cc(N=Nc2cccc(S(=O)(=O)O)c2)ccc1N=Nc1cc(OC)c(N=Nc2c(S(=O)(=O)O)cc3cc(S(=O)(=O)O)c(N)cc3c2O)cc1C. The summed E-state index contributed by atoms with van der Waals surface area (Å²) in [7, 11) is -11.6. The average molecular weight is 786 g/mol. The fourth-order valence-electron chi connectivity index (χ4n) is 4.76. The van der Waals surface area contributed by atoms with Crippen molar-refractivity contribution in [2.24, 2.45) is 30.7 Å². The molecule has 0 bridgehead atoms. The minimum Gasteiger partial charge on any atom is -0.505 e. The molecular formula is C31H27N7O12S3. The zero-order valence-corrected chi connectivity index (χ0v) is 29.9. The van der Waals surface area contributed by atoms with Crippen molar-refractivity contribution in [3.8, 4) is 17.2 Å². The smallest absolute Gasteiger partial charge is 0.296 e. The highest BCUT2D eigenvalue weighted by molar-refractivity contribution is 7.86. The van der Waals surface area contributed by atoms with Crippen LogP contribution in [-0.4, -0.2) is 58.2 Å². The van der Waals surface area contributed by atoms with Crippen LogP contribution in [0.4, 0.5) is 39.8 Å². The molecule has 0 amide bonds. The van der Waals surface area contributed by atoms with Crippen LogP contribution in [0.2, 0.25) is 0 Å². The summed E-state index contributed by atoms with van der Waals surface area (Å²) in [6, 6.07) is 15.4. The molecule has 276 valence electrons. The number of phenolic OH excluding ortho intramolecular Hbond substituents is 1. The van der Waals surface area contributed by atoms with Crippen LogP contribution in [0.15, 0.2) is 118 Å². The summed E-state index contributed by atoms with van der Waals surface area (Å²) in [5, 5.41) is 35.1. The summed E-state index contributed by atoms with van der Waals surface area (Å²) in [4.78, 5) is -2.02. The maximum atomic E-state index is 12.3. The van der Waals surface area contributed by atoms with Gasteiger partial charge in [-0.05, 0) is 72.5 Å². The van der Waals surface area contributed by atoms with E-state index in [0.717, 1.165) is 24.3 Å². The van der Waals surface area contributed by atoms with Crippen molar-refractivity contribution < 1.29 is 53.5 Å². The van der Waals surface area contributed by atoms with Gasteiger partial charge in [-0.25, -0.2) is 0 Å². The van der Waals surface area contributed by atoms with E-state index in [1.54, 1.807) is 19.1 Å². The molecule has 0 heterocycles. The van der Waals surface area contributed by atoms with E-state index in [1.165, 1.54) is 50.6 Å². The molecule has 0 spiro atoms. The minimum atomic E-state index is -5.07. The van der Waals surface area contributed by atoms with Gasteiger partial charge in [0.15, 0.2) is 5.75 Å². The van der Waals surface area contributed by atoms with E-state index in [1.807, 2.05) is 0 Å². The molecule has 0 radical (unpaired) electrons. The second kappa shape index (κ2) is 14.6. The zero-order chi connectivity index (χ0) is 38.9. The molecule has 53 heavy (non-hydrogen) atoms. The summed E-state index contributed by atoms with van der Waals surface area (Å²) >= 11 is 0. The molecule has 22 heteroatoms. The Labute approximate surface area is 301 Å². The topological polar surface area (TPSA) is 302 Å². The number of hydrogen-bond acceptors (Lipinski definition) is 16. The van der Waals surface area contributed by atoms with Gasteiger partial charge >= 0.3 is 0 Å². The number of rotatable bonds is 11. The highest BCUT2D eigenvalue weighted by Gasteiger charge is 2.25. The van der Waals surface area contributed by atoms with E-state index in [0.29, 0.717) is 16.9 Å². The Balaban J connectivity index is 1.46. The third-order valence-corrected chi connectivity index (χ3v) is 9.94. The van der Waals surface area contributed by atoms with Crippen LogP contribution in [0.25, 0.3) is 10.8 Å². The van der Waals surface area contributed by atoms with Crippen molar-refractivity contribution in [3.05, 3.63) is 78.4 Å². The molecule has 0 saturated carbocycles. The first-order valence-corrected chi connectivity index (χ1v) is 18.9. The lowest BCUT2D eigenvalue weighted by atomic mass is 10.1. The molecule has 5 aromatic carbocycles. The lowest BCUT2D eigenvalue weighted by molar-refractivity contribution is 0.415. The largest absolute Gasteiger partial charge is 0.505 e. The maximum absolute atomic E-state index is 12.3. The number of nitrogen functional groups attached to an aromatic ring is 1. The molecule has 5 aromatic rings. The summed E-state index contributed by atoms with van der Waals surface area (Å²) in [5.74, 6) is -0.473. The van der Waals surface area contributed by atoms with Crippen LogP contribution >= 0.6 is 0 Å². The third-order valence-electron chi connectivity index (χ3n) is 7.32. The molecule has 0 aliphatic carbocycles. The third kappa shape index (κ3) is 8.60. The Morgan fingerprint density at radius 3 is 1.81 bits per heavy atom. The fraction of sp³-hybridized carbons (Fsp3) is 0.0968. The number of anilines is 1. The van der Waals surface area contributed by atoms with Crippen LogP contribution in [0.1, 0.15) is 5.56 Å². The molecule has 0 fully saturated rings. The molecular weight excluding hydrogens is 759 g/mol. The summed E-state index contributed by atoms with van der Waals surface area (Å²) < 4.78 is 110. The number of azo groups is 3. The van der Waals surface area contributed by atoms with Crippen molar-refractivity contribution in [1.29, 1.82) is 0 Å². The number of ether oxygens (including phenoxy) is 2. The Morgan fingerprint density at radius 1 is 0.604 bits per heavy atom. The quantitative estimate of drug-likeness (QED) is 0.0494. The number of hydrogen-bond donors (Lipinski definition) is 5. The second-order valence-electron chi connectivity index (χ2n) is 10.9. The monoisotopic (exact) mass is 785 g/mol. The lowest BCUT2D eigenvalue weighted by Crippen LogP contribution is -2.04. The van der Waals surface area contributed by atoms with E-state index in [-0.39, 0.29) is 44.2 Å². The summed E-state index contributed by atoms with van der Waals surface area (Å²) in [6.45, 7) is 1.65. The van der Waals surface area contributed by atoms with Crippen molar-refractivity contribution >= 4 is 80.9 Å². The zero-order valence-electron chi connectivity index (χ0n) is 27.5. The van der Waals surface area contributed by atoms with Crippen LogP contribution in [0.3, 0.4) is 0 Å². The van der Waals surface area contributed by atoms with Crippen molar-refractivity contribution in [2.45, 2.75) is 21.6 Å². The van der Waals surface area contributed by atoms with E-state index in [2.05, 4.69) is 30.7 Å². The number of aromatic hydroxyl groups is 1. The molecule has 0 aromatic heterocycles. The number of aryl methyl sites for hydroxylation is 1. The van der Waals surface area contributed by atoms with Gasteiger partial charge in [0.25, 0.3) is 30.4 Å². The first-order chi connectivity index (χ1) is 24.8. The number of fused-ring (bicyclic) bond motifs is 1. The standard InChI is InChI=1S/C31H27N7O12S3/c1-16-9-25(37-38-30-29(53(46,47)48)11-17-10-28(52(43,44)45)22(32)14-21(17)31(30)39)27(50-3)15-24(16)36-35-23-8-7-19(13-26(23)49-2)34-33-18-5-4-6-20(12-18)51(40,41)42/h4-15,39H,32H2,1-3H3,(H,40,41,42)(H,43,44,45)(H,46,47,48). The molecule has 0 unspecified atom stereocenters. The summed E-state index contributed by atoms with van der Waals surface area (Å²) in [6.07, 6.45) is 0. The van der Waals surface area contributed by atoms with Gasteiger partial charge in [-0.15, -0.1) is 15.3 Å². The van der Waals surface area contributed by atoms with Gasteiger partial charge in [0.1, 0.15) is 38.4 Å². The van der Waals surface area contributed by atoms with Gasteiger partial charge in [0.2, 0.25) is 0 Å². The van der Waals surface area contributed by atoms with Gasteiger partial charge in [-0.2, -0.15) is 40.6 Å². The molecule has 0 saturated heterocycles. The Kier molecular flexibility index (Phi) is 10.6. The Hall–Kier alpha value is -5.91. The van der Waals surface area contributed by atoms with Gasteiger partial charge in [-0.1, -0.05) is 6.07 Å². The predicted molar refractivity (Wildman–Crippen MR) is 189 cm³/mol. The Morgan fingerprint density at radius 2 is 1.19 bits per heavy atom. The first kappa shape index (κ1) is 38.3. The van der Waals surface area contributed by atoms with Crippen molar-refractivity contribution in [2.75, 3.05) is 20.0 Å². The van der Waals surface area contributed by atoms with Crippen LogP contribution in [0, 0.1) is 6.92 Å². The predicted octanol–water partition coefficient (Wildman–Crippen LogP) is 7.44. The molecule has 5 rings (SSSR count). The molecule has 0 atom stereocenters. The highest BCUT2D eigenvalue weighted by atomic mass is 32.2. The van der Waals surface area contributed by atoms with Crippen molar-refractivity contribution in [3.63, 3.8) is 0 Å². The number of benzene rings is 5. The average Bonchev–Trinajstić information content (AvgIpc) is 3.08. The summed E-state index contributed by atoms with van der Waals surface area (Å²) in [5.41, 5.74) is 6.20. The second-order valence-corrected chi connectivity index (χ2v) is 15.1. The van der Waals surface area contributed by atoms with Crippen molar-refractivity contribution in [1.82, 2.24) is 0 Å². The van der Waals surface area contributed by atoms with E-state index in [9.17, 15) is 44.0 Å². The molecule has 19 nitrogen and oxygen atoms in total. The van der Waals surface area contributed by atoms with Crippen LogP contribution in [0.5, 0.6) is 17.2 Å². The van der Waals surface area contributed by atoms with Crippen LogP contribution in [-0.2, 0) is 30.4 Å². The number of nitrogens with zero attached hydrogens (tertiary/aromatic N) is 6. The van der Waals surface area contributed by atoms with Gasteiger partial charge in [0.05, 0.1) is 41.9 Å². The number of phenols is 1. The van der Waals surface area contributed by atoms with Crippen LogP contribution < -0.4 is 15.2 Å². The lowest BCUT2D eigenvalue weighted by Gasteiger charge is -2.12. The van der Waals surface area contributed by atoms with Gasteiger partial charge in [-0.3, -0.25) is 13.7 Å². The minimum absolute atomic E-state index is 0.0420. The highest BCUT2D eigenvalue weighted by Crippen LogP contribution is 2.44. The molecule has 0 aliphatic rings. The molecule has 0 aliphatic heterocycles. The normalized spacial score (nSPS) is 12.7. The van der Waals surface area contributed by atoms with E-state index >= 15 is 0 Å². The first-order valence-electron chi connectivity index (χ1n) is 14.5. The molecule has 6 N–H and O–H groups in total. The van der Waals surface area contributed by atoms with Gasteiger partial charge in [0, 0.05) is 17.5 Å². The Bertz CT molecular complexity index is 2720. The maximum Gasteiger partial charge on any atom is 0.296 e. The van der Waals surface area contributed by atoms with Gasteiger partial charge < -0.3 is 20.3 Å². The number of methoxy groups -OCH3 is 2.